The van der Waals surface area contributed by atoms with Crippen LogP contribution in [0.5, 0.6) is 5.75 Å². The molecule has 4 heteroatoms. The SMILES string of the molecule is CCCOc1cccnc1NC1CCCCCC1N. The van der Waals surface area contributed by atoms with Crippen LogP contribution in [0.4, 0.5) is 5.82 Å². The predicted molar refractivity (Wildman–Crippen MR) is 78.5 cm³/mol. The summed E-state index contributed by atoms with van der Waals surface area (Å²) in [6, 6.07) is 4.39. The van der Waals surface area contributed by atoms with E-state index in [4.69, 9.17) is 10.5 Å². The van der Waals surface area contributed by atoms with Gasteiger partial charge in [-0.3, -0.25) is 0 Å². The van der Waals surface area contributed by atoms with E-state index in [1.165, 1.54) is 19.3 Å². The number of nitrogens with one attached hydrogen (secondary N) is 1. The average molecular weight is 263 g/mol. The van der Waals surface area contributed by atoms with Crippen molar-refractivity contribution in [1.82, 2.24) is 4.98 Å². The van der Waals surface area contributed by atoms with Crippen LogP contribution in [0.1, 0.15) is 45.4 Å². The third-order valence-corrected chi connectivity index (χ3v) is 3.62. The van der Waals surface area contributed by atoms with Crippen molar-refractivity contribution in [3.63, 3.8) is 0 Å². The predicted octanol–water partition coefficient (Wildman–Crippen LogP) is 2.94. The maximum Gasteiger partial charge on any atom is 0.169 e. The highest BCUT2D eigenvalue weighted by atomic mass is 16.5. The monoisotopic (exact) mass is 263 g/mol. The Labute approximate surface area is 115 Å². The second-order valence-corrected chi connectivity index (χ2v) is 5.25. The number of nitrogens with two attached hydrogens (primary N) is 1. The molecule has 2 atom stereocenters. The molecule has 1 heterocycles. The van der Waals surface area contributed by atoms with Crippen LogP contribution in [0.25, 0.3) is 0 Å². The maximum absolute atomic E-state index is 6.25. The van der Waals surface area contributed by atoms with Gasteiger partial charge in [-0.15, -0.1) is 0 Å². The van der Waals surface area contributed by atoms with Gasteiger partial charge in [0.1, 0.15) is 0 Å². The van der Waals surface area contributed by atoms with Gasteiger partial charge in [-0.05, 0) is 31.4 Å². The molecule has 0 radical (unpaired) electrons. The molecule has 1 aliphatic carbocycles. The fourth-order valence-electron chi connectivity index (χ4n) is 2.52. The van der Waals surface area contributed by atoms with Crippen molar-refractivity contribution in [2.75, 3.05) is 11.9 Å². The van der Waals surface area contributed by atoms with E-state index in [1.54, 1.807) is 6.20 Å². The highest BCUT2D eigenvalue weighted by molar-refractivity contribution is 5.50. The molecule has 1 aliphatic rings. The van der Waals surface area contributed by atoms with Crippen molar-refractivity contribution >= 4 is 5.82 Å². The van der Waals surface area contributed by atoms with Crippen molar-refractivity contribution < 1.29 is 4.74 Å². The van der Waals surface area contributed by atoms with Gasteiger partial charge in [-0.2, -0.15) is 0 Å². The first kappa shape index (κ1) is 14.1. The van der Waals surface area contributed by atoms with Gasteiger partial charge in [-0.1, -0.05) is 26.2 Å². The van der Waals surface area contributed by atoms with Crippen LogP contribution in [-0.4, -0.2) is 23.7 Å². The third kappa shape index (κ3) is 4.10. The number of ether oxygens (including phenoxy) is 1. The van der Waals surface area contributed by atoms with E-state index in [-0.39, 0.29) is 6.04 Å². The molecule has 0 aliphatic heterocycles. The summed E-state index contributed by atoms with van der Waals surface area (Å²) in [6.07, 6.45) is 8.76. The van der Waals surface area contributed by atoms with Crippen LogP contribution in [0.15, 0.2) is 18.3 Å². The zero-order valence-corrected chi connectivity index (χ0v) is 11.8. The molecule has 0 aromatic carbocycles. The molecule has 0 amide bonds. The summed E-state index contributed by atoms with van der Waals surface area (Å²) in [4.78, 5) is 4.40. The Bertz CT molecular complexity index is 383. The van der Waals surface area contributed by atoms with Crippen LogP contribution in [0.2, 0.25) is 0 Å². The minimum absolute atomic E-state index is 0.212. The summed E-state index contributed by atoms with van der Waals surface area (Å²) in [7, 11) is 0. The van der Waals surface area contributed by atoms with Crippen molar-refractivity contribution in [1.29, 1.82) is 0 Å². The molecule has 0 bridgehead atoms. The van der Waals surface area contributed by atoms with Gasteiger partial charge in [-0.25, -0.2) is 4.98 Å². The first-order valence-corrected chi connectivity index (χ1v) is 7.41. The fourth-order valence-corrected chi connectivity index (χ4v) is 2.52. The molecule has 0 saturated heterocycles. The summed E-state index contributed by atoms with van der Waals surface area (Å²) < 4.78 is 5.73. The average Bonchev–Trinajstić information content (AvgIpc) is 2.63. The Kier molecular flexibility index (Phi) is 5.45. The molecule has 4 nitrogen and oxygen atoms in total. The van der Waals surface area contributed by atoms with Gasteiger partial charge in [0.25, 0.3) is 0 Å². The smallest absolute Gasteiger partial charge is 0.169 e. The Morgan fingerprint density at radius 3 is 3.05 bits per heavy atom. The van der Waals surface area contributed by atoms with Gasteiger partial charge >= 0.3 is 0 Å². The van der Waals surface area contributed by atoms with Gasteiger partial charge in [0.05, 0.1) is 6.61 Å². The van der Waals surface area contributed by atoms with E-state index in [2.05, 4.69) is 17.2 Å². The molecule has 1 saturated carbocycles. The van der Waals surface area contributed by atoms with E-state index in [0.29, 0.717) is 6.04 Å². The minimum atomic E-state index is 0.212. The van der Waals surface area contributed by atoms with Crippen LogP contribution in [-0.2, 0) is 0 Å². The van der Waals surface area contributed by atoms with Gasteiger partial charge in [0.2, 0.25) is 0 Å². The van der Waals surface area contributed by atoms with E-state index >= 15 is 0 Å². The summed E-state index contributed by atoms with van der Waals surface area (Å²) in [5, 5.41) is 3.49. The summed E-state index contributed by atoms with van der Waals surface area (Å²) >= 11 is 0. The summed E-state index contributed by atoms with van der Waals surface area (Å²) in [5.41, 5.74) is 6.25. The molecule has 106 valence electrons. The van der Waals surface area contributed by atoms with E-state index in [9.17, 15) is 0 Å². The zero-order valence-electron chi connectivity index (χ0n) is 11.8. The quantitative estimate of drug-likeness (QED) is 0.802. The Balaban J connectivity index is 2.04. The van der Waals surface area contributed by atoms with Crippen LogP contribution in [0, 0.1) is 0 Å². The number of hydrogen-bond donors (Lipinski definition) is 2. The number of rotatable bonds is 5. The first-order chi connectivity index (χ1) is 9.31. The molecular weight excluding hydrogens is 238 g/mol. The molecule has 1 aromatic heterocycles. The van der Waals surface area contributed by atoms with Gasteiger partial charge in [0, 0.05) is 18.3 Å². The largest absolute Gasteiger partial charge is 0.490 e. The van der Waals surface area contributed by atoms with E-state index < -0.39 is 0 Å². The van der Waals surface area contributed by atoms with E-state index in [0.717, 1.165) is 37.4 Å². The number of hydrogen-bond acceptors (Lipinski definition) is 4. The summed E-state index contributed by atoms with van der Waals surface area (Å²) in [6.45, 7) is 2.82. The second kappa shape index (κ2) is 7.34. The van der Waals surface area contributed by atoms with Crippen molar-refractivity contribution in [2.24, 2.45) is 5.73 Å². The molecule has 3 N–H and O–H groups in total. The van der Waals surface area contributed by atoms with Gasteiger partial charge < -0.3 is 15.8 Å². The van der Waals surface area contributed by atoms with Crippen molar-refractivity contribution in [3.8, 4) is 5.75 Å². The first-order valence-electron chi connectivity index (χ1n) is 7.41. The number of anilines is 1. The molecule has 2 rings (SSSR count). The highest BCUT2D eigenvalue weighted by Gasteiger charge is 2.21. The summed E-state index contributed by atoms with van der Waals surface area (Å²) in [5.74, 6) is 1.67. The van der Waals surface area contributed by atoms with Crippen LogP contribution in [0.3, 0.4) is 0 Å². The van der Waals surface area contributed by atoms with Crippen molar-refractivity contribution in [3.05, 3.63) is 18.3 Å². The molecule has 2 unspecified atom stereocenters. The lowest BCUT2D eigenvalue weighted by Gasteiger charge is -2.24. The minimum Gasteiger partial charge on any atom is -0.490 e. The van der Waals surface area contributed by atoms with Crippen molar-refractivity contribution in [2.45, 2.75) is 57.5 Å². The van der Waals surface area contributed by atoms with Crippen LogP contribution < -0.4 is 15.8 Å². The third-order valence-electron chi connectivity index (χ3n) is 3.62. The topological polar surface area (TPSA) is 60.2 Å². The molecule has 19 heavy (non-hydrogen) atoms. The van der Waals surface area contributed by atoms with Crippen LogP contribution >= 0.6 is 0 Å². The molecular formula is C15H25N3O. The Morgan fingerprint density at radius 1 is 1.37 bits per heavy atom. The maximum atomic E-state index is 6.25. The lowest BCUT2D eigenvalue weighted by Crippen LogP contribution is -2.39. The van der Waals surface area contributed by atoms with Gasteiger partial charge in [0.15, 0.2) is 11.6 Å². The van der Waals surface area contributed by atoms with E-state index in [1.807, 2.05) is 12.1 Å². The number of nitrogens with zero attached hydrogens (tertiary/aromatic N) is 1. The normalized spacial score (nSPS) is 23.7. The molecule has 0 spiro atoms. The fraction of sp³-hybridized carbons (Fsp3) is 0.667. The lowest BCUT2D eigenvalue weighted by molar-refractivity contribution is 0.317. The zero-order chi connectivity index (χ0) is 13.5. The number of aromatic nitrogens is 1. The highest BCUT2D eigenvalue weighted by Crippen LogP contribution is 2.25. The number of pyridine rings is 1. The molecule has 1 aromatic rings. The lowest BCUT2D eigenvalue weighted by atomic mass is 10.0. The Hall–Kier alpha value is -1.29. The standard InChI is InChI=1S/C15H25N3O/c1-2-11-19-14-9-6-10-17-15(14)18-13-8-5-3-4-7-12(13)16/h6,9-10,12-13H,2-5,7-8,11,16H2,1H3,(H,17,18). The Morgan fingerprint density at radius 2 is 2.21 bits per heavy atom. The molecule has 1 fully saturated rings. The second-order valence-electron chi connectivity index (χ2n) is 5.25.